The van der Waals surface area contributed by atoms with E-state index in [0.29, 0.717) is 0 Å². The third-order valence-electron chi connectivity index (χ3n) is 2.45. The number of carbonyl (C=O) groups excluding carboxylic acids is 1. The SMILES string of the molecule is CCOC(=O)c1c(C(F)(F)F)ccc(C(F)(F)F)c1[N+](=O)[O-]. The summed E-state index contributed by atoms with van der Waals surface area (Å²) in [6.45, 7) is 0.716. The standard InChI is InChI=1S/C11H7F6NO4/c1-2-22-9(19)7-5(10(12,13)14)3-4-6(11(15,16)17)8(7)18(20)21/h3-4H,2H2,1H3. The number of hydrogen-bond acceptors (Lipinski definition) is 4. The molecule has 22 heavy (non-hydrogen) atoms. The first-order valence-corrected chi connectivity index (χ1v) is 5.54. The third-order valence-corrected chi connectivity index (χ3v) is 2.45. The van der Waals surface area contributed by atoms with Crippen molar-refractivity contribution in [1.29, 1.82) is 0 Å². The number of benzene rings is 1. The summed E-state index contributed by atoms with van der Waals surface area (Å²) in [4.78, 5) is 20.6. The van der Waals surface area contributed by atoms with Crippen molar-refractivity contribution >= 4 is 11.7 Å². The zero-order valence-corrected chi connectivity index (χ0v) is 10.7. The lowest BCUT2D eigenvalue weighted by molar-refractivity contribution is -0.388. The van der Waals surface area contributed by atoms with Crippen LogP contribution in [0.4, 0.5) is 32.0 Å². The summed E-state index contributed by atoms with van der Waals surface area (Å²) >= 11 is 0. The van der Waals surface area contributed by atoms with Crippen molar-refractivity contribution in [3.05, 3.63) is 38.9 Å². The fourth-order valence-corrected chi connectivity index (χ4v) is 1.66. The monoisotopic (exact) mass is 331 g/mol. The molecule has 1 aromatic carbocycles. The second kappa shape index (κ2) is 5.81. The molecule has 5 nitrogen and oxygen atoms in total. The Morgan fingerprint density at radius 2 is 1.59 bits per heavy atom. The lowest BCUT2D eigenvalue weighted by Gasteiger charge is -2.15. The number of nitrogens with zero attached hydrogens (tertiary/aromatic N) is 1. The summed E-state index contributed by atoms with van der Waals surface area (Å²) in [7, 11) is 0. The molecule has 0 saturated heterocycles. The lowest BCUT2D eigenvalue weighted by Crippen LogP contribution is -2.20. The molecule has 0 atom stereocenters. The van der Waals surface area contributed by atoms with Crippen LogP contribution in [0.15, 0.2) is 12.1 Å². The van der Waals surface area contributed by atoms with Crippen LogP contribution >= 0.6 is 0 Å². The second-order valence-electron chi connectivity index (χ2n) is 3.86. The van der Waals surface area contributed by atoms with E-state index in [4.69, 9.17) is 0 Å². The van der Waals surface area contributed by atoms with Gasteiger partial charge in [-0.2, -0.15) is 26.3 Å². The third kappa shape index (κ3) is 3.46. The molecule has 0 bridgehead atoms. The molecule has 1 rings (SSSR count). The van der Waals surface area contributed by atoms with Gasteiger partial charge in [0, 0.05) is 0 Å². The number of alkyl halides is 6. The van der Waals surface area contributed by atoms with E-state index in [-0.39, 0.29) is 12.1 Å². The molecule has 0 unspecified atom stereocenters. The molecule has 11 heteroatoms. The van der Waals surface area contributed by atoms with E-state index in [1.807, 2.05) is 0 Å². The van der Waals surface area contributed by atoms with Gasteiger partial charge in [-0.05, 0) is 19.1 Å². The number of esters is 1. The zero-order valence-electron chi connectivity index (χ0n) is 10.7. The maximum atomic E-state index is 12.8. The van der Waals surface area contributed by atoms with Crippen molar-refractivity contribution in [3.63, 3.8) is 0 Å². The largest absolute Gasteiger partial charge is 0.462 e. The van der Waals surface area contributed by atoms with Gasteiger partial charge in [0.15, 0.2) is 0 Å². The van der Waals surface area contributed by atoms with Gasteiger partial charge in [-0.3, -0.25) is 10.1 Å². The molecular weight excluding hydrogens is 324 g/mol. The van der Waals surface area contributed by atoms with Crippen molar-refractivity contribution in [2.45, 2.75) is 19.3 Å². The Morgan fingerprint density at radius 3 is 1.95 bits per heavy atom. The normalized spacial score (nSPS) is 12.1. The molecule has 0 aliphatic carbocycles. The molecule has 0 aliphatic rings. The van der Waals surface area contributed by atoms with Gasteiger partial charge in [-0.15, -0.1) is 0 Å². The first kappa shape index (κ1) is 17.7. The van der Waals surface area contributed by atoms with Gasteiger partial charge in [-0.25, -0.2) is 4.79 Å². The number of carbonyl (C=O) groups is 1. The fourth-order valence-electron chi connectivity index (χ4n) is 1.66. The molecular formula is C11H7F6NO4. The van der Waals surface area contributed by atoms with E-state index in [1.165, 1.54) is 6.92 Å². The number of rotatable bonds is 3. The lowest BCUT2D eigenvalue weighted by atomic mass is 10.00. The first-order chi connectivity index (χ1) is 9.91. The Labute approximate surface area is 118 Å². The van der Waals surface area contributed by atoms with Crippen LogP contribution in [0.1, 0.15) is 28.4 Å². The predicted octanol–water partition coefficient (Wildman–Crippen LogP) is 3.81. The molecule has 1 aromatic rings. The van der Waals surface area contributed by atoms with Crippen LogP contribution in [0.5, 0.6) is 0 Å². The van der Waals surface area contributed by atoms with Crippen LogP contribution in [-0.4, -0.2) is 17.5 Å². The molecule has 0 aromatic heterocycles. The Bertz CT molecular complexity index is 608. The van der Waals surface area contributed by atoms with E-state index in [9.17, 15) is 41.3 Å². The molecule has 0 spiro atoms. The molecule has 122 valence electrons. The van der Waals surface area contributed by atoms with Crippen LogP contribution in [0.2, 0.25) is 0 Å². The number of nitro groups is 1. The number of halogens is 6. The van der Waals surface area contributed by atoms with Crippen LogP contribution in [0, 0.1) is 10.1 Å². The summed E-state index contributed by atoms with van der Waals surface area (Å²) in [5.74, 6) is -1.85. The van der Waals surface area contributed by atoms with Crippen molar-refractivity contribution in [2.75, 3.05) is 6.61 Å². The fraction of sp³-hybridized carbons (Fsp3) is 0.364. The van der Waals surface area contributed by atoms with E-state index in [0.717, 1.165) is 0 Å². The van der Waals surface area contributed by atoms with Gasteiger partial charge in [0.2, 0.25) is 0 Å². The summed E-state index contributed by atoms with van der Waals surface area (Å²) in [6, 6.07) is -0.133. The maximum Gasteiger partial charge on any atom is 0.423 e. The second-order valence-corrected chi connectivity index (χ2v) is 3.86. The van der Waals surface area contributed by atoms with E-state index in [1.54, 1.807) is 0 Å². The van der Waals surface area contributed by atoms with Crippen LogP contribution in [0.3, 0.4) is 0 Å². The average Bonchev–Trinajstić information content (AvgIpc) is 2.34. The van der Waals surface area contributed by atoms with Crippen molar-refractivity contribution in [1.82, 2.24) is 0 Å². The Hall–Kier alpha value is -2.33. The highest BCUT2D eigenvalue weighted by molar-refractivity contribution is 5.96. The van der Waals surface area contributed by atoms with E-state index in [2.05, 4.69) is 4.74 Å². The topological polar surface area (TPSA) is 69.4 Å². The van der Waals surface area contributed by atoms with Gasteiger partial charge in [0.25, 0.3) is 5.69 Å². The zero-order chi connectivity index (χ0) is 17.3. The van der Waals surface area contributed by atoms with Gasteiger partial charge in [-0.1, -0.05) is 0 Å². The minimum Gasteiger partial charge on any atom is -0.462 e. The summed E-state index contributed by atoms with van der Waals surface area (Å²) in [6.07, 6.45) is -10.6. The Balaban J connectivity index is 3.84. The smallest absolute Gasteiger partial charge is 0.423 e. The maximum absolute atomic E-state index is 12.8. The Morgan fingerprint density at radius 1 is 1.14 bits per heavy atom. The number of ether oxygens (including phenoxy) is 1. The molecule has 0 radical (unpaired) electrons. The molecule has 0 fully saturated rings. The molecule has 0 N–H and O–H groups in total. The molecule has 0 aliphatic heterocycles. The van der Waals surface area contributed by atoms with Crippen LogP contribution in [0.25, 0.3) is 0 Å². The van der Waals surface area contributed by atoms with Crippen molar-refractivity contribution in [3.8, 4) is 0 Å². The minimum absolute atomic E-state index is 0.0396. The van der Waals surface area contributed by atoms with Crippen molar-refractivity contribution in [2.24, 2.45) is 0 Å². The van der Waals surface area contributed by atoms with Gasteiger partial charge < -0.3 is 4.74 Å². The number of hydrogen-bond donors (Lipinski definition) is 0. The van der Waals surface area contributed by atoms with Gasteiger partial charge in [0.05, 0.1) is 17.1 Å². The highest BCUT2D eigenvalue weighted by Crippen LogP contribution is 2.43. The van der Waals surface area contributed by atoms with Crippen molar-refractivity contribution < 1.29 is 40.8 Å². The minimum atomic E-state index is -5.31. The summed E-state index contributed by atoms with van der Waals surface area (Å²) in [5, 5.41) is 10.8. The van der Waals surface area contributed by atoms with Crippen LogP contribution < -0.4 is 0 Å². The molecule has 0 saturated carbocycles. The van der Waals surface area contributed by atoms with Crippen LogP contribution in [-0.2, 0) is 17.1 Å². The highest BCUT2D eigenvalue weighted by Gasteiger charge is 2.47. The predicted molar refractivity (Wildman–Crippen MR) is 59.1 cm³/mol. The molecule has 0 amide bonds. The quantitative estimate of drug-likeness (QED) is 0.365. The number of nitro benzene ring substituents is 1. The van der Waals surface area contributed by atoms with Gasteiger partial charge >= 0.3 is 18.3 Å². The first-order valence-electron chi connectivity index (χ1n) is 5.54. The van der Waals surface area contributed by atoms with Gasteiger partial charge in [0.1, 0.15) is 11.1 Å². The highest BCUT2D eigenvalue weighted by atomic mass is 19.4. The Kier molecular flexibility index (Phi) is 4.68. The summed E-state index contributed by atoms with van der Waals surface area (Å²) in [5.41, 5.74) is -7.59. The molecule has 0 heterocycles. The van der Waals surface area contributed by atoms with E-state index >= 15 is 0 Å². The summed E-state index contributed by atoms with van der Waals surface area (Å²) < 4.78 is 80.8. The average molecular weight is 331 g/mol. The van der Waals surface area contributed by atoms with E-state index < -0.39 is 52.2 Å².